The lowest BCUT2D eigenvalue weighted by atomic mass is 9.85. The second-order valence-electron chi connectivity index (χ2n) is 5.81. The van der Waals surface area contributed by atoms with E-state index in [0.29, 0.717) is 18.2 Å². The molecule has 0 aliphatic carbocycles. The molecule has 2 bridgehead atoms. The van der Waals surface area contributed by atoms with E-state index < -0.39 is 0 Å². The number of piperidine rings is 2. The van der Waals surface area contributed by atoms with Crippen LogP contribution in [0.4, 0.5) is 0 Å². The number of halogens is 1. The van der Waals surface area contributed by atoms with Gasteiger partial charge in [0.05, 0.1) is 0 Å². The van der Waals surface area contributed by atoms with E-state index in [2.05, 4.69) is 18.3 Å². The molecule has 0 amide bonds. The average Bonchev–Trinajstić information content (AvgIpc) is 2.40. The lowest BCUT2D eigenvalue weighted by Crippen LogP contribution is -2.51. The highest BCUT2D eigenvalue weighted by molar-refractivity contribution is 6.31. The van der Waals surface area contributed by atoms with Gasteiger partial charge in [-0.3, -0.25) is 0 Å². The van der Waals surface area contributed by atoms with Crippen molar-refractivity contribution in [3.8, 4) is 5.75 Å². The summed E-state index contributed by atoms with van der Waals surface area (Å²) in [6, 6.07) is 7.38. The van der Waals surface area contributed by atoms with E-state index in [1.54, 1.807) is 0 Å². The van der Waals surface area contributed by atoms with Crippen molar-refractivity contribution in [2.75, 3.05) is 0 Å². The molecular formula is C16H22ClNO. The van der Waals surface area contributed by atoms with Gasteiger partial charge in [-0.05, 0) is 55.9 Å². The first-order valence-electron chi connectivity index (χ1n) is 7.45. The van der Waals surface area contributed by atoms with Crippen LogP contribution >= 0.6 is 11.6 Å². The van der Waals surface area contributed by atoms with Crippen LogP contribution in [0.1, 0.15) is 44.6 Å². The molecule has 0 radical (unpaired) electrons. The highest BCUT2D eigenvalue weighted by Gasteiger charge is 2.32. The minimum Gasteiger partial charge on any atom is -0.490 e. The molecule has 2 unspecified atom stereocenters. The van der Waals surface area contributed by atoms with E-state index in [-0.39, 0.29) is 0 Å². The van der Waals surface area contributed by atoms with Crippen molar-refractivity contribution in [2.24, 2.45) is 0 Å². The fourth-order valence-corrected chi connectivity index (χ4v) is 3.65. The predicted molar refractivity (Wildman–Crippen MR) is 79.0 cm³/mol. The van der Waals surface area contributed by atoms with E-state index in [1.807, 2.05) is 12.1 Å². The number of hydrogen-bond donors (Lipinski definition) is 1. The number of ether oxygens (including phenoxy) is 1. The van der Waals surface area contributed by atoms with Crippen molar-refractivity contribution in [2.45, 2.75) is 63.6 Å². The molecule has 2 atom stereocenters. The Balaban J connectivity index is 1.68. The molecule has 1 aromatic rings. The predicted octanol–water partition coefficient (Wildman–Crippen LogP) is 3.95. The van der Waals surface area contributed by atoms with Gasteiger partial charge in [0.2, 0.25) is 0 Å². The fourth-order valence-electron chi connectivity index (χ4n) is 3.40. The Morgan fingerprint density at radius 3 is 2.68 bits per heavy atom. The van der Waals surface area contributed by atoms with Crippen molar-refractivity contribution >= 4 is 11.6 Å². The quantitative estimate of drug-likeness (QED) is 0.904. The Kier molecular flexibility index (Phi) is 3.99. The average molecular weight is 280 g/mol. The Labute approximate surface area is 120 Å². The summed E-state index contributed by atoms with van der Waals surface area (Å²) in [7, 11) is 0. The number of aryl methyl sites for hydroxylation is 1. The second kappa shape index (κ2) is 5.72. The second-order valence-corrected chi connectivity index (χ2v) is 6.22. The zero-order chi connectivity index (χ0) is 13.2. The summed E-state index contributed by atoms with van der Waals surface area (Å²) in [5.74, 6) is 0.978. The normalized spacial score (nSPS) is 30.1. The maximum absolute atomic E-state index is 6.19. The van der Waals surface area contributed by atoms with E-state index in [1.165, 1.54) is 24.8 Å². The molecule has 2 heterocycles. The lowest BCUT2D eigenvalue weighted by molar-refractivity contribution is 0.0927. The van der Waals surface area contributed by atoms with Crippen LogP contribution in [0.5, 0.6) is 5.75 Å². The van der Waals surface area contributed by atoms with Gasteiger partial charge in [0.1, 0.15) is 11.9 Å². The number of nitrogens with one attached hydrogen (secondary N) is 1. The first-order chi connectivity index (χ1) is 9.24. The van der Waals surface area contributed by atoms with Gasteiger partial charge in [-0.1, -0.05) is 24.9 Å². The molecular weight excluding hydrogens is 258 g/mol. The van der Waals surface area contributed by atoms with Crippen LogP contribution in [0.25, 0.3) is 0 Å². The molecule has 0 spiro atoms. The van der Waals surface area contributed by atoms with Crippen molar-refractivity contribution < 1.29 is 4.74 Å². The van der Waals surface area contributed by atoms with Gasteiger partial charge in [0.25, 0.3) is 0 Å². The van der Waals surface area contributed by atoms with Gasteiger partial charge in [-0.25, -0.2) is 0 Å². The number of benzene rings is 1. The number of rotatable bonds is 3. The van der Waals surface area contributed by atoms with Crippen LogP contribution in [-0.2, 0) is 6.42 Å². The first-order valence-corrected chi connectivity index (χ1v) is 7.83. The maximum Gasteiger partial charge on any atom is 0.120 e. The van der Waals surface area contributed by atoms with E-state index in [0.717, 1.165) is 30.0 Å². The molecule has 1 N–H and O–H groups in total. The third-order valence-corrected chi connectivity index (χ3v) is 4.74. The summed E-state index contributed by atoms with van der Waals surface area (Å²) in [5, 5.41) is 4.54. The van der Waals surface area contributed by atoms with Crippen molar-refractivity contribution in [1.29, 1.82) is 0 Å². The molecule has 2 saturated heterocycles. The Morgan fingerprint density at radius 2 is 2.00 bits per heavy atom. The maximum atomic E-state index is 6.19. The summed E-state index contributed by atoms with van der Waals surface area (Å²) >= 11 is 6.15. The highest BCUT2D eigenvalue weighted by atomic mass is 35.5. The van der Waals surface area contributed by atoms with Crippen LogP contribution in [-0.4, -0.2) is 18.2 Å². The van der Waals surface area contributed by atoms with Gasteiger partial charge in [-0.2, -0.15) is 0 Å². The molecule has 0 aromatic heterocycles. The van der Waals surface area contributed by atoms with E-state index in [4.69, 9.17) is 16.3 Å². The van der Waals surface area contributed by atoms with Gasteiger partial charge in [0, 0.05) is 17.1 Å². The van der Waals surface area contributed by atoms with Gasteiger partial charge in [-0.15, -0.1) is 0 Å². The minimum absolute atomic E-state index is 0.363. The Bertz CT molecular complexity index is 436. The zero-order valence-corrected chi connectivity index (χ0v) is 12.2. The third-order valence-electron chi connectivity index (χ3n) is 4.37. The lowest BCUT2D eigenvalue weighted by Gasteiger charge is -2.40. The third kappa shape index (κ3) is 3.06. The van der Waals surface area contributed by atoms with Crippen molar-refractivity contribution in [3.63, 3.8) is 0 Å². The van der Waals surface area contributed by atoms with Crippen molar-refractivity contribution in [3.05, 3.63) is 28.8 Å². The Hall–Kier alpha value is -0.730. The molecule has 19 heavy (non-hydrogen) atoms. The van der Waals surface area contributed by atoms with Crippen LogP contribution in [0.3, 0.4) is 0 Å². The molecule has 2 nitrogen and oxygen atoms in total. The standard InChI is InChI=1S/C16H22ClNO/c1-2-11-8-14(6-7-16(11)17)19-15-9-12-4-3-5-13(10-15)18-12/h6-8,12-13,15,18H,2-5,9-10H2,1H3. The molecule has 2 fully saturated rings. The molecule has 0 saturated carbocycles. The molecule has 3 heteroatoms. The fraction of sp³-hybridized carbons (Fsp3) is 0.625. The topological polar surface area (TPSA) is 21.3 Å². The largest absolute Gasteiger partial charge is 0.490 e. The van der Waals surface area contributed by atoms with Gasteiger partial charge >= 0.3 is 0 Å². The van der Waals surface area contributed by atoms with Crippen LogP contribution in [0.15, 0.2) is 18.2 Å². The van der Waals surface area contributed by atoms with Crippen molar-refractivity contribution in [1.82, 2.24) is 5.32 Å². The smallest absolute Gasteiger partial charge is 0.120 e. The monoisotopic (exact) mass is 279 g/mol. The number of hydrogen-bond acceptors (Lipinski definition) is 2. The highest BCUT2D eigenvalue weighted by Crippen LogP contribution is 2.30. The SMILES string of the molecule is CCc1cc(OC2CC3CCCC(C2)N3)ccc1Cl. The molecule has 2 aliphatic rings. The molecule has 2 aliphatic heterocycles. The first kappa shape index (κ1) is 13.3. The van der Waals surface area contributed by atoms with E-state index in [9.17, 15) is 0 Å². The summed E-state index contributed by atoms with van der Waals surface area (Å²) in [6.45, 7) is 2.12. The van der Waals surface area contributed by atoms with E-state index >= 15 is 0 Å². The summed E-state index contributed by atoms with van der Waals surface area (Å²) in [5.41, 5.74) is 1.17. The molecule has 104 valence electrons. The summed E-state index contributed by atoms with van der Waals surface area (Å²) in [6.07, 6.45) is 7.57. The van der Waals surface area contributed by atoms with Crippen LogP contribution < -0.4 is 10.1 Å². The molecule has 1 aromatic carbocycles. The summed E-state index contributed by atoms with van der Waals surface area (Å²) < 4.78 is 6.19. The van der Waals surface area contributed by atoms with Crippen LogP contribution in [0, 0.1) is 0 Å². The molecule has 3 rings (SSSR count). The van der Waals surface area contributed by atoms with Gasteiger partial charge < -0.3 is 10.1 Å². The number of fused-ring (bicyclic) bond motifs is 2. The Morgan fingerprint density at radius 1 is 1.26 bits per heavy atom. The summed E-state index contributed by atoms with van der Waals surface area (Å²) in [4.78, 5) is 0. The minimum atomic E-state index is 0.363. The zero-order valence-electron chi connectivity index (χ0n) is 11.5. The van der Waals surface area contributed by atoms with Crippen LogP contribution in [0.2, 0.25) is 5.02 Å². The van der Waals surface area contributed by atoms with Gasteiger partial charge in [0.15, 0.2) is 0 Å².